The molecule has 0 radical (unpaired) electrons. The van der Waals surface area contributed by atoms with E-state index in [1.54, 1.807) is 23.6 Å². The number of fused-ring (bicyclic) bond motifs is 2. The first-order valence-corrected chi connectivity index (χ1v) is 19.8. The number of amides is 3. The van der Waals surface area contributed by atoms with Gasteiger partial charge in [-0.25, -0.2) is 23.7 Å². The van der Waals surface area contributed by atoms with Gasteiger partial charge in [0.15, 0.2) is 5.75 Å². The Kier molecular flexibility index (Phi) is 11.0. The highest BCUT2D eigenvalue weighted by Gasteiger charge is 2.42. The highest BCUT2D eigenvalue weighted by Crippen LogP contribution is 2.49. The Bertz CT molecular complexity index is 2250. The number of halogens is 2. The molecule has 2 aromatic carbocycles. The standard InChI is InChI=1S/C40H46F2N6O11/c1-21-30(35(50)31-33(48(21)24-6-7-24)37(55-3)34(32(42)36(31)51)45-16-23-5-4-10-43-28(23)19-45)38(52)57-20-58-39(53)46(22(2)49)17-26-18-47(40(54)59-26)25-8-9-29(27(41)15-25)44-11-13-56-14-12-44/h8-9,15,23-24,26,28,43,51H,4-7,10-14,16-20H2,1-3H3/p+1/t23?,26-,28?/m0/s1. The van der Waals surface area contributed by atoms with E-state index in [1.165, 1.54) is 18.1 Å². The van der Waals surface area contributed by atoms with Crippen LogP contribution in [-0.2, 0) is 23.7 Å². The van der Waals surface area contributed by atoms with Crippen LogP contribution in [0.3, 0.4) is 0 Å². The number of nitrogens with one attached hydrogen (secondary N) is 1. The maximum atomic E-state index is 16.3. The number of aromatic nitrogens is 1. The summed E-state index contributed by atoms with van der Waals surface area (Å²) in [6.45, 7) is 5.01. The second kappa shape index (κ2) is 16.2. The number of imide groups is 1. The van der Waals surface area contributed by atoms with Crippen molar-refractivity contribution in [1.29, 1.82) is 0 Å². The monoisotopic (exact) mass is 825 g/mol. The first-order chi connectivity index (χ1) is 28.4. The van der Waals surface area contributed by atoms with Crippen molar-refractivity contribution in [2.45, 2.75) is 57.7 Å². The van der Waals surface area contributed by atoms with Crippen LogP contribution in [0.4, 0.5) is 35.4 Å². The Morgan fingerprint density at radius 1 is 1.03 bits per heavy atom. The molecule has 3 N–H and O–H groups in total. The molecule has 5 heterocycles. The number of morpholine rings is 1. The summed E-state index contributed by atoms with van der Waals surface area (Å²) >= 11 is 0. The molecule has 17 nitrogen and oxygen atoms in total. The molecule has 5 fully saturated rings. The average Bonchev–Trinajstić information content (AvgIpc) is 3.85. The van der Waals surface area contributed by atoms with Gasteiger partial charge in [-0.2, -0.15) is 4.39 Å². The van der Waals surface area contributed by atoms with Gasteiger partial charge in [-0.15, -0.1) is 0 Å². The second-order valence-corrected chi connectivity index (χ2v) is 15.5. The molecule has 3 amide bonds. The molecular weight excluding hydrogens is 778 g/mol. The number of hydrogen-bond acceptors (Lipinski definition) is 13. The zero-order chi connectivity index (χ0) is 41.7. The molecule has 3 atom stereocenters. The van der Waals surface area contributed by atoms with Crippen molar-refractivity contribution in [3.05, 3.63) is 51.3 Å². The van der Waals surface area contributed by atoms with Gasteiger partial charge in [-0.3, -0.25) is 14.5 Å². The van der Waals surface area contributed by atoms with E-state index in [0.717, 1.165) is 26.3 Å². The summed E-state index contributed by atoms with van der Waals surface area (Å²) in [5.41, 5.74) is -0.265. The van der Waals surface area contributed by atoms with Gasteiger partial charge < -0.3 is 48.5 Å². The van der Waals surface area contributed by atoms with Gasteiger partial charge in [0.05, 0.1) is 44.8 Å². The van der Waals surface area contributed by atoms with Crippen molar-refractivity contribution in [1.82, 2.24) is 14.8 Å². The largest absolute Gasteiger partial charge is 0.591 e. The number of anilines is 3. The number of cyclic esters (lactones) is 1. The fourth-order valence-corrected chi connectivity index (χ4v) is 8.81. The molecule has 1 aliphatic carbocycles. The maximum absolute atomic E-state index is 16.3. The minimum Gasteiger partial charge on any atom is -0.591 e. The fraction of sp³-hybridized carbons (Fsp3) is 0.525. The third-order valence-corrected chi connectivity index (χ3v) is 11.8. The van der Waals surface area contributed by atoms with Crippen LogP contribution in [-0.4, -0.2) is 124 Å². The molecule has 4 saturated heterocycles. The average molecular weight is 826 g/mol. The van der Waals surface area contributed by atoms with E-state index in [4.69, 9.17) is 28.8 Å². The Morgan fingerprint density at radius 2 is 1.80 bits per heavy atom. The summed E-state index contributed by atoms with van der Waals surface area (Å²) < 4.78 is 60.1. The van der Waals surface area contributed by atoms with Crippen molar-refractivity contribution >= 4 is 52.0 Å². The summed E-state index contributed by atoms with van der Waals surface area (Å²) in [4.78, 5) is 71.7. The molecule has 5 aliphatic rings. The van der Waals surface area contributed by atoms with Crippen LogP contribution in [0, 0.1) is 24.5 Å². The minimum atomic E-state index is -1.23. The number of pyridine rings is 1. The fourth-order valence-electron chi connectivity index (χ4n) is 8.81. The normalized spacial score (nSPS) is 21.7. The van der Waals surface area contributed by atoms with Crippen LogP contribution in [0.2, 0.25) is 0 Å². The number of carbonyl (C=O) groups is 4. The molecule has 1 saturated carbocycles. The van der Waals surface area contributed by atoms with Crippen LogP contribution in [0.5, 0.6) is 11.5 Å². The van der Waals surface area contributed by atoms with E-state index in [1.807, 2.05) is 9.80 Å². The lowest BCUT2D eigenvalue weighted by Crippen LogP contribution is -2.42. The molecule has 2 unspecified atom stereocenters. The Balaban J connectivity index is 0.964. The van der Waals surface area contributed by atoms with Crippen LogP contribution in [0.15, 0.2) is 23.0 Å². The smallest absolute Gasteiger partial charge is 0.419 e. The number of piperidine rings is 1. The van der Waals surface area contributed by atoms with E-state index in [9.17, 15) is 24.0 Å². The van der Waals surface area contributed by atoms with Crippen LogP contribution in [0.25, 0.3) is 10.9 Å². The first-order valence-electron chi connectivity index (χ1n) is 19.8. The molecule has 19 heteroatoms. The van der Waals surface area contributed by atoms with Gasteiger partial charge in [0.1, 0.15) is 34.1 Å². The van der Waals surface area contributed by atoms with Crippen LogP contribution >= 0.6 is 0 Å². The molecule has 0 bridgehead atoms. The summed E-state index contributed by atoms with van der Waals surface area (Å²) in [7, 11) is 1.39. The first kappa shape index (κ1) is 40.1. The quantitative estimate of drug-likeness (QED) is 0.178. The van der Waals surface area contributed by atoms with E-state index in [-0.39, 0.29) is 52.3 Å². The SMILES string of the molecule is COc1c(N2CC3CCCNC3C2)c(F)c([OH2+])c2c(=O)c(C(=O)OCOC(=O)N(C[C@H]3CN(c4ccc(N5CCOCC5)c(F)c4)C(=O)O3)C(C)=O)c(C)n(C3CC3)c12. The van der Waals surface area contributed by atoms with E-state index >= 15 is 8.78 Å². The highest BCUT2D eigenvalue weighted by molar-refractivity contribution is 6.02. The number of methoxy groups -OCH3 is 1. The number of benzene rings is 2. The van der Waals surface area contributed by atoms with Gasteiger partial charge in [0.2, 0.25) is 23.9 Å². The van der Waals surface area contributed by atoms with Gasteiger partial charge >= 0.3 is 23.9 Å². The zero-order valence-electron chi connectivity index (χ0n) is 33.0. The summed E-state index contributed by atoms with van der Waals surface area (Å²) in [6.07, 6.45) is 0.374. The number of rotatable bonds is 10. The lowest BCUT2D eigenvalue weighted by molar-refractivity contribution is -0.128. The van der Waals surface area contributed by atoms with Crippen molar-refractivity contribution in [2.75, 3.05) is 87.6 Å². The van der Waals surface area contributed by atoms with E-state index in [2.05, 4.69) is 5.32 Å². The van der Waals surface area contributed by atoms with Crippen LogP contribution < -0.4 is 30.2 Å². The number of nitrogens with zero attached hydrogens (tertiary/aromatic N) is 5. The summed E-state index contributed by atoms with van der Waals surface area (Å²) in [6, 6.07) is 4.35. The van der Waals surface area contributed by atoms with Gasteiger partial charge in [0, 0.05) is 50.9 Å². The predicted molar refractivity (Wildman–Crippen MR) is 209 cm³/mol. The highest BCUT2D eigenvalue weighted by atomic mass is 19.1. The second-order valence-electron chi connectivity index (χ2n) is 15.5. The Morgan fingerprint density at radius 3 is 2.47 bits per heavy atom. The van der Waals surface area contributed by atoms with Crippen LogP contribution in [0.1, 0.15) is 54.7 Å². The van der Waals surface area contributed by atoms with Crippen molar-refractivity contribution < 1.29 is 56.7 Å². The molecule has 316 valence electrons. The van der Waals surface area contributed by atoms with Crippen molar-refractivity contribution in [3.63, 3.8) is 0 Å². The maximum Gasteiger partial charge on any atom is 0.419 e. The molecule has 4 aliphatic heterocycles. The van der Waals surface area contributed by atoms with Gasteiger partial charge in [0.25, 0.3) is 0 Å². The van der Waals surface area contributed by atoms with E-state index < -0.39 is 71.9 Å². The number of ether oxygens (including phenoxy) is 5. The number of esters is 1. The van der Waals surface area contributed by atoms with Gasteiger partial charge in [-0.05, 0) is 63.3 Å². The van der Waals surface area contributed by atoms with Gasteiger partial charge in [-0.1, -0.05) is 0 Å². The Hall–Kier alpha value is -5.69. The van der Waals surface area contributed by atoms with Crippen molar-refractivity contribution in [3.8, 4) is 11.5 Å². The lowest BCUT2D eigenvalue weighted by atomic mass is 9.94. The topological polar surface area (TPSA) is 184 Å². The number of carbonyl (C=O) groups excluding carboxylic acids is 4. The minimum absolute atomic E-state index is 0.110. The molecule has 8 rings (SSSR count). The molecule has 59 heavy (non-hydrogen) atoms. The van der Waals surface area contributed by atoms with E-state index in [0.29, 0.717) is 68.7 Å². The molecule has 0 spiro atoms. The molecule has 1 aromatic heterocycles. The zero-order valence-corrected chi connectivity index (χ0v) is 33.0. The summed E-state index contributed by atoms with van der Waals surface area (Å²) in [5, 5.41) is 12.0. The lowest BCUT2D eigenvalue weighted by Gasteiger charge is -2.29. The third-order valence-electron chi connectivity index (χ3n) is 11.8. The summed E-state index contributed by atoms with van der Waals surface area (Å²) in [5.74, 6) is -3.68. The Labute approximate surface area is 337 Å². The predicted octanol–water partition coefficient (Wildman–Crippen LogP) is 3.52. The molecule has 3 aromatic rings. The number of hydrogen-bond donors (Lipinski definition) is 1. The third kappa shape index (κ3) is 7.45. The molecular formula is C40H47F2N6O11+. The van der Waals surface area contributed by atoms with Crippen molar-refractivity contribution in [2.24, 2.45) is 5.92 Å².